The van der Waals surface area contributed by atoms with Crippen LogP contribution in [0.2, 0.25) is 0 Å². The fourth-order valence-electron chi connectivity index (χ4n) is 2.13. The number of fused-ring (bicyclic) bond motifs is 3. The first-order chi connectivity index (χ1) is 8.48. The van der Waals surface area contributed by atoms with Crippen LogP contribution in [0, 0.1) is 0 Å². The van der Waals surface area contributed by atoms with Crippen molar-refractivity contribution in [1.29, 1.82) is 0 Å². The van der Waals surface area contributed by atoms with Gasteiger partial charge < -0.3 is 4.40 Å². The van der Waals surface area contributed by atoms with E-state index in [2.05, 4.69) is 20.9 Å². The van der Waals surface area contributed by atoms with Crippen LogP contribution >= 0.6 is 15.9 Å². The Hall–Kier alpha value is -1.16. The second kappa shape index (κ2) is 3.92. The molecule has 1 aromatic carbocycles. The molecule has 80 valence electrons. The van der Waals surface area contributed by atoms with Crippen LogP contribution in [-0.2, 0) is 5.11 Å². The summed E-state index contributed by atoms with van der Waals surface area (Å²) < 4.78 is 2.37. The predicted molar refractivity (Wildman–Crippen MR) is 79.3 cm³/mol. The van der Waals surface area contributed by atoms with Crippen molar-refractivity contribution >= 4 is 55.9 Å². The van der Waals surface area contributed by atoms with Gasteiger partial charge in [0.1, 0.15) is 10.3 Å². The number of pyridine rings is 1. The van der Waals surface area contributed by atoms with Crippen molar-refractivity contribution in [2.45, 2.75) is 5.11 Å². The maximum Gasteiger partial charge on any atom is 0.146 e. The lowest BCUT2D eigenvalue weighted by molar-refractivity contribution is 1.02. The third kappa shape index (κ3) is 1.71. The van der Waals surface area contributed by atoms with Gasteiger partial charge in [-0.2, -0.15) is 0 Å². The fourth-order valence-corrected chi connectivity index (χ4v) is 2.83. The van der Waals surface area contributed by atoms with Crippen LogP contribution in [0.3, 0.4) is 0 Å². The zero-order valence-corrected chi connectivity index (χ0v) is 11.1. The van der Waals surface area contributed by atoms with Gasteiger partial charge in [0.15, 0.2) is 0 Å². The number of imidazole rings is 1. The minimum atomic E-state index is -1.44. The third-order valence-corrected chi connectivity index (χ3v) is 3.44. The van der Waals surface area contributed by atoms with Gasteiger partial charge in [-0.25, -0.2) is 4.98 Å². The molecule has 0 unspecified atom stereocenters. The van der Waals surface area contributed by atoms with Crippen molar-refractivity contribution in [3.63, 3.8) is 0 Å². The lowest BCUT2D eigenvalue weighted by Gasteiger charge is -2.20. The van der Waals surface area contributed by atoms with E-state index in [1.165, 1.54) is 0 Å². The average Bonchev–Trinajstić information content (AvgIpc) is 2.65. The van der Waals surface area contributed by atoms with Crippen molar-refractivity contribution in [2.24, 2.45) is 0 Å². The Morgan fingerprint density at radius 3 is 2.56 bits per heavy atom. The molecule has 0 spiro atoms. The second-order valence-electron chi connectivity index (χ2n) is 4.28. The molecule has 0 aliphatic heterocycles. The Labute approximate surface area is 117 Å². The molecule has 6 heteroatoms. The van der Waals surface area contributed by atoms with Gasteiger partial charge in [0.2, 0.25) is 0 Å². The molecule has 0 saturated heterocycles. The van der Waals surface area contributed by atoms with Crippen LogP contribution in [0.1, 0.15) is 5.69 Å². The van der Waals surface area contributed by atoms with Crippen molar-refractivity contribution in [3.8, 4) is 0 Å². The topological polar surface area (TPSA) is 17.3 Å². The zero-order valence-electron chi connectivity index (χ0n) is 9.47. The summed E-state index contributed by atoms with van der Waals surface area (Å²) in [5.74, 6) is 0. The summed E-state index contributed by atoms with van der Waals surface area (Å²) in [6.45, 7) is 0. The van der Waals surface area contributed by atoms with Gasteiger partial charge in [0, 0.05) is 17.3 Å². The van der Waals surface area contributed by atoms with E-state index >= 15 is 0 Å². The Morgan fingerprint density at radius 1 is 1.11 bits per heavy atom. The molecule has 18 heavy (non-hydrogen) atoms. The maximum atomic E-state index is 5.78. The molecule has 0 aliphatic rings. The van der Waals surface area contributed by atoms with E-state index in [0.29, 0.717) is 10.3 Å². The number of nitrogens with zero attached hydrogens (tertiary/aromatic N) is 2. The van der Waals surface area contributed by atoms with Gasteiger partial charge in [0.05, 0.1) is 23.5 Å². The molecule has 2 nitrogen and oxygen atoms in total. The summed E-state index contributed by atoms with van der Waals surface area (Å²) in [4.78, 5) is 4.45. The molecular weight excluding hydrogens is 284 g/mol. The standard InChI is InChI=1S/C12H6B3BrN2/c13-12(14,15)9-10(16)17-11-8-4-2-1-3-7(8)5-6-18(9)11/h1-6H. The number of rotatable bonds is 1. The van der Waals surface area contributed by atoms with Crippen LogP contribution in [0.15, 0.2) is 41.1 Å². The van der Waals surface area contributed by atoms with Gasteiger partial charge >= 0.3 is 0 Å². The summed E-state index contributed by atoms with van der Waals surface area (Å²) >= 11 is 3.36. The minimum Gasteiger partial charge on any atom is -0.304 e. The average molecular weight is 291 g/mol. The van der Waals surface area contributed by atoms with Crippen LogP contribution in [0.5, 0.6) is 0 Å². The molecule has 2 heterocycles. The molecule has 3 aromatic rings. The summed E-state index contributed by atoms with van der Waals surface area (Å²) in [5.41, 5.74) is 1.32. The lowest BCUT2D eigenvalue weighted by atomic mass is 9.41. The quantitative estimate of drug-likeness (QED) is 0.625. The lowest BCUT2D eigenvalue weighted by Crippen LogP contribution is -2.29. The summed E-state index contributed by atoms with van der Waals surface area (Å²) in [6.07, 6.45) is 1.87. The van der Waals surface area contributed by atoms with Crippen molar-refractivity contribution in [2.75, 3.05) is 0 Å². The van der Waals surface area contributed by atoms with E-state index in [0.717, 1.165) is 16.4 Å². The normalized spacial score (nSPS) is 12.3. The van der Waals surface area contributed by atoms with Crippen molar-refractivity contribution in [3.05, 3.63) is 46.8 Å². The van der Waals surface area contributed by atoms with Gasteiger partial charge in [-0.15, -0.1) is 0 Å². The molecule has 0 saturated carbocycles. The highest BCUT2D eigenvalue weighted by Gasteiger charge is 2.22. The van der Waals surface area contributed by atoms with Gasteiger partial charge in [-0.3, -0.25) is 0 Å². The van der Waals surface area contributed by atoms with Crippen LogP contribution in [0.25, 0.3) is 16.4 Å². The molecule has 0 N–H and O–H groups in total. The van der Waals surface area contributed by atoms with E-state index in [1.54, 1.807) is 0 Å². The first-order valence-electron chi connectivity index (χ1n) is 5.41. The van der Waals surface area contributed by atoms with Gasteiger partial charge in [-0.1, -0.05) is 29.4 Å². The Bertz CT molecular complexity index is 746. The van der Waals surface area contributed by atoms with Crippen molar-refractivity contribution in [1.82, 2.24) is 9.38 Å². The van der Waals surface area contributed by atoms with E-state index in [1.807, 2.05) is 40.9 Å². The Balaban J connectivity index is 2.49. The van der Waals surface area contributed by atoms with E-state index in [-0.39, 0.29) is 0 Å². The predicted octanol–water partition coefficient (Wildman–Crippen LogP) is 1.87. The van der Waals surface area contributed by atoms with Gasteiger partial charge in [-0.05, 0) is 27.4 Å². The minimum absolute atomic E-state index is 0.545. The Kier molecular flexibility index (Phi) is 2.59. The monoisotopic (exact) mass is 290 g/mol. The Morgan fingerprint density at radius 2 is 1.83 bits per heavy atom. The molecular formula is C12H6B3BrN2. The molecule has 3 rings (SSSR count). The van der Waals surface area contributed by atoms with E-state index < -0.39 is 5.11 Å². The molecule has 0 atom stereocenters. The number of aromatic nitrogens is 2. The summed E-state index contributed by atoms with van der Waals surface area (Å²) in [6, 6.07) is 9.95. The number of hydrogen-bond acceptors (Lipinski definition) is 1. The molecule has 2 aromatic heterocycles. The summed E-state index contributed by atoms with van der Waals surface area (Å²) in [7, 11) is 17.3. The third-order valence-electron chi connectivity index (χ3n) is 2.88. The van der Waals surface area contributed by atoms with Crippen molar-refractivity contribution < 1.29 is 0 Å². The second-order valence-corrected chi connectivity index (χ2v) is 5.03. The highest BCUT2D eigenvalue weighted by Crippen LogP contribution is 2.28. The zero-order chi connectivity index (χ0) is 12.9. The SMILES string of the molecule is [B]C([B])([B])c1c(Br)nc2c3ccccc3ccn12. The van der Waals surface area contributed by atoms with E-state index in [4.69, 9.17) is 23.5 Å². The smallest absolute Gasteiger partial charge is 0.146 e. The molecule has 0 fully saturated rings. The summed E-state index contributed by atoms with van der Waals surface area (Å²) in [5, 5.41) is 0.683. The maximum absolute atomic E-state index is 5.78. The van der Waals surface area contributed by atoms with Gasteiger partial charge in [0.25, 0.3) is 0 Å². The van der Waals surface area contributed by atoms with E-state index in [9.17, 15) is 0 Å². The number of halogens is 1. The first-order valence-corrected chi connectivity index (χ1v) is 6.20. The molecule has 0 bridgehead atoms. The van der Waals surface area contributed by atoms with Crippen LogP contribution in [0.4, 0.5) is 0 Å². The highest BCUT2D eigenvalue weighted by atomic mass is 79.9. The fraction of sp³-hybridized carbons (Fsp3) is 0.0833. The largest absolute Gasteiger partial charge is 0.304 e. The number of hydrogen-bond donors (Lipinski definition) is 0. The first kappa shape index (κ1) is 11.9. The molecule has 0 aliphatic carbocycles. The van der Waals surface area contributed by atoms with Crippen LogP contribution < -0.4 is 0 Å². The number of benzene rings is 1. The molecule has 0 amide bonds. The molecule has 6 radical (unpaired) electrons. The van der Waals surface area contributed by atoms with Crippen LogP contribution in [-0.4, -0.2) is 32.9 Å². The highest BCUT2D eigenvalue weighted by molar-refractivity contribution is 9.10.